The molecular weight excluding hydrogens is 402 g/mol. The molecule has 0 saturated carbocycles. The number of amides is 2. The third-order valence-electron chi connectivity index (χ3n) is 4.85. The van der Waals surface area contributed by atoms with Gasteiger partial charge in [-0.3, -0.25) is 14.4 Å². The summed E-state index contributed by atoms with van der Waals surface area (Å²) in [5.74, 6) is -0.732. The number of carbonyl (C=O) groups is 2. The van der Waals surface area contributed by atoms with Crippen LogP contribution in [0.5, 0.6) is 0 Å². The number of aryl methyl sites for hydroxylation is 3. The van der Waals surface area contributed by atoms with E-state index in [2.05, 4.69) is 15.4 Å². The molecule has 0 saturated heterocycles. The van der Waals surface area contributed by atoms with Crippen molar-refractivity contribution in [1.82, 2.24) is 20.1 Å². The van der Waals surface area contributed by atoms with Gasteiger partial charge in [0.2, 0.25) is 5.91 Å². The van der Waals surface area contributed by atoms with Crippen LogP contribution >= 0.6 is 11.3 Å². The number of thiazole rings is 1. The molecule has 1 aromatic carbocycles. The van der Waals surface area contributed by atoms with Gasteiger partial charge in [0.05, 0.1) is 17.0 Å². The van der Waals surface area contributed by atoms with Crippen LogP contribution in [0.25, 0.3) is 10.6 Å². The zero-order valence-electron chi connectivity index (χ0n) is 17.3. The van der Waals surface area contributed by atoms with Crippen LogP contribution in [0.1, 0.15) is 42.5 Å². The van der Waals surface area contributed by atoms with E-state index in [1.807, 2.05) is 19.9 Å². The quantitative estimate of drug-likeness (QED) is 0.625. The number of benzene rings is 1. The Balaban J connectivity index is 1.76. The Morgan fingerprint density at radius 3 is 2.63 bits per heavy atom. The van der Waals surface area contributed by atoms with Gasteiger partial charge < -0.3 is 11.1 Å². The Hall–Kier alpha value is -3.33. The van der Waals surface area contributed by atoms with Crippen molar-refractivity contribution in [1.29, 1.82) is 0 Å². The molecule has 0 aliphatic carbocycles. The second kappa shape index (κ2) is 8.58. The SMILES string of the molecule is Cc1nc(-c2c(C)c(C)nn(C)c2=O)sc1C(=O)NCCc1cccc(C(N)=O)c1. The van der Waals surface area contributed by atoms with Crippen molar-refractivity contribution in [3.63, 3.8) is 0 Å². The molecular formula is C21H23N5O3S. The van der Waals surface area contributed by atoms with Crippen LogP contribution < -0.4 is 16.6 Å². The summed E-state index contributed by atoms with van der Waals surface area (Å²) in [6.07, 6.45) is 0.556. The molecule has 0 aliphatic rings. The molecule has 3 aromatic rings. The molecule has 0 atom stereocenters. The molecule has 0 aliphatic heterocycles. The van der Waals surface area contributed by atoms with Crippen molar-refractivity contribution in [3.05, 3.63) is 67.6 Å². The number of carbonyl (C=O) groups excluding carboxylic acids is 2. The average molecular weight is 426 g/mol. The number of hydrogen-bond acceptors (Lipinski definition) is 6. The van der Waals surface area contributed by atoms with E-state index in [9.17, 15) is 14.4 Å². The Morgan fingerprint density at radius 2 is 1.93 bits per heavy atom. The molecule has 2 aromatic heterocycles. The monoisotopic (exact) mass is 425 g/mol. The maximum absolute atomic E-state index is 12.7. The van der Waals surface area contributed by atoms with Crippen molar-refractivity contribution in [3.8, 4) is 10.6 Å². The van der Waals surface area contributed by atoms with E-state index in [4.69, 9.17) is 5.73 Å². The maximum atomic E-state index is 12.7. The fraction of sp³-hybridized carbons (Fsp3) is 0.286. The van der Waals surface area contributed by atoms with Crippen molar-refractivity contribution < 1.29 is 9.59 Å². The second-order valence-electron chi connectivity index (χ2n) is 7.02. The summed E-state index contributed by atoms with van der Waals surface area (Å²) in [5, 5.41) is 7.57. The maximum Gasteiger partial charge on any atom is 0.277 e. The van der Waals surface area contributed by atoms with Gasteiger partial charge in [-0.1, -0.05) is 12.1 Å². The molecule has 3 rings (SSSR count). The van der Waals surface area contributed by atoms with E-state index in [0.717, 1.165) is 16.8 Å². The molecule has 0 radical (unpaired) electrons. The van der Waals surface area contributed by atoms with E-state index in [1.165, 1.54) is 16.0 Å². The predicted octanol–water partition coefficient (Wildman–Crippen LogP) is 1.90. The van der Waals surface area contributed by atoms with Crippen molar-refractivity contribution in [2.75, 3.05) is 6.54 Å². The van der Waals surface area contributed by atoms with Crippen LogP contribution in [0.3, 0.4) is 0 Å². The fourth-order valence-electron chi connectivity index (χ4n) is 3.10. The lowest BCUT2D eigenvalue weighted by atomic mass is 10.1. The van der Waals surface area contributed by atoms with Crippen molar-refractivity contribution >= 4 is 23.2 Å². The smallest absolute Gasteiger partial charge is 0.277 e. The summed E-state index contributed by atoms with van der Waals surface area (Å²) in [6.45, 7) is 5.80. The summed E-state index contributed by atoms with van der Waals surface area (Å²) < 4.78 is 1.29. The first kappa shape index (κ1) is 21.4. The van der Waals surface area contributed by atoms with Crippen LogP contribution in [-0.2, 0) is 13.5 Å². The molecule has 0 bridgehead atoms. The number of aromatic nitrogens is 3. The van der Waals surface area contributed by atoms with E-state index >= 15 is 0 Å². The van der Waals surface area contributed by atoms with E-state index in [1.54, 1.807) is 32.2 Å². The van der Waals surface area contributed by atoms with Gasteiger partial charge in [0.15, 0.2) is 0 Å². The number of primary amides is 1. The number of hydrogen-bond donors (Lipinski definition) is 2. The van der Waals surface area contributed by atoms with Gasteiger partial charge in [0.25, 0.3) is 11.5 Å². The van der Waals surface area contributed by atoms with Crippen LogP contribution in [-0.4, -0.2) is 33.1 Å². The minimum Gasteiger partial charge on any atom is -0.366 e. The largest absolute Gasteiger partial charge is 0.366 e. The first-order chi connectivity index (χ1) is 14.2. The van der Waals surface area contributed by atoms with E-state index < -0.39 is 5.91 Å². The summed E-state index contributed by atoms with van der Waals surface area (Å²) in [5.41, 5.74) is 8.94. The van der Waals surface area contributed by atoms with Crippen LogP contribution in [0.4, 0.5) is 0 Å². The first-order valence-electron chi connectivity index (χ1n) is 9.38. The predicted molar refractivity (Wildman–Crippen MR) is 116 cm³/mol. The molecule has 3 N–H and O–H groups in total. The van der Waals surface area contributed by atoms with Crippen LogP contribution in [0, 0.1) is 20.8 Å². The van der Waals surface area contributed by atoms with Gasteiger partial charge in [-0.05, 0) is 50.5 Å². The van der Waals surface area contributed by atoms with Gasteiger partial charge in [-0.25, -0.2) is 9.67 Å². The number of nitrogens with zero attached hydrogens (tertiary/aromatic N) is 3. The normalized spacial score (nSPS) is 10.8. The fourth-order valence-corrected chi connectivity index (χ4v) is 4.17. The zero-order valence-corrected chi connectivity index (χ0v) is 18.1. The van der Waals surface area contributed by atoms with Gasteiger partial charge >= 0.3 is 0 Å². The summed E-state index contributed by atoms with van der Waals surface area (Å²) in [4.78, 5) is 41.5. The van der Waals surface area contributed by atoms with Gasteiger partial charge in [-0.15, -0.1) is 11.3 Å². The highest BCUT2D eigenvalue weighted by molar-refractivity contribution is 7.17. The highest BCUT2D eigenvalue weighted by Gasteiger charge is 2.20. The Labute approximate surface area is 177 Å². The Bertz CT molecular complexity index is 1200. The molecule has 8 nitrogen and oxygen atoms in total. The zero-order chi connectivity index (χ0) is 22.0. The molecule has 9 heteroatoms. The molecule has 30 heavy (non-hydrogen) atoms. The second-order valence-corrected chi connectivity index (χ2v) is 8.02. The number of rotatable bonds is 6. The van der Waals surface area contributed by atoms with Crippen molar-refractivity contribution in [2.45, 2.75) is 27.2 Å². The number of nitrogens with two attached hydrogens (primary N) is 1. The third-order valence-corrected chi connectivity index (χ3v) is 6.03. The minimum atomic E-state index is -0.485. The highest BCUT2D eigenvalue weighted by Crippen LogP contribution is 2.28. The average Bonchev–Trinajstić information content (AvgIpc) is 3.08. The van der Waals surface area contributed by atoms with Crippen molar-refractivity contribution in [2.24, 2.45) is 12.8 Å². The minimum absolute atomic E-state index is 0.242. The first-order valence-corrected chi connectivity index (χ1v) is 10.2. The molecule has 0 fully saturated rings. The third kappa shape index (κ3) is 4.30. The number of nitrogens with one attached hydrogen (secondary N) is 1. The molecule has 156 valence electrons. The van der Waals surface area contributed by atoms with Crippen LogP contribution in [0.15, 0.2) is 29.1 Å². The summed E-state index contributed by atoms with van der Waals surface area (Å²) in [7, 11) is 1.60. The van der Waals surface area contributed by atoms with Gasteiger partial charge in [0.1, 0.15) is 9.88 Å². The Kier molecular flexibility index (Phi) is 6.12. The van der Waals surface area contributed by atoms with Crippen LogP contribution in [0.2, 0.25) is 0 Å². The lowest BCUT2D eigenvalue weighted by Crippen LogP contribution is -2.25. The van der Waals surface area contributed by atoms with E-state index in [0.29, 0.717) is 39.7 Å². The lowest BCUT2D eigenvalue weighted by molar-refractivity contribution is 0.0955. The topological polar surface area (TPSA) is 120 Å². The lowest BCUT2D eigenvalue weighted by Gasteiger charge is -2.07. The Morgan fingerprint density at radius 1 is 1.20 bits per heavy atom. The molecule has 2 heterocycles. The van der Waals surface area contributed by atoms with E-state index in [-0.39, 0.29) is 11.5 Å². The van der Waals surface area contributed by atoms with Gasteiger partial charge in [-0.2, -0.15) is 5.10 Å². The standard InChI is InChI=1S/C21H23N5O3S/c1-11-12(2)25-26(4)21(29)16(11)20-24-13(3)17(30-20)19(28)23-9-8-14-6-5-7-15(10-14)18(22)27/h5-7,10H,8-9H2,1-4H3,(H2,22,27)(H,23,28). The molecule has 0 unspecified atom stereocenters. The summed E-state index contributed by atoms with van der Waals surface area (Å²) in [6, 6.07) is 7.00. The highest BCUT2D eigenvalue weighted by atomic mass is 32.1. The molecule has 0 spiro atoms. The van der Waals surface area contributed by atoms with Gasteiger partial charge in [0, 0.05) is 19.2 Å². The summed E-state index contributed by atoms with van der Waals surface area (Å²) >= 11 is 1.19. The molecule has 2 amide bonds.